The van der Waals surface area contributed by atoms with Crippen LogP contribution in [0.1, 0.15) is 66.7 Å². The summed E-state index contributed by atoms with van der Waals surface area (Å²) in [5.41, 5.74) is 0.378. The monoisotopic (exact) mass is 264 g/mol. The average molecular weight is 264 g/mol. The van der Waals surface area contributed by atoms with E-state index in [2.05, 4.69) is 45.6 Å². The Morgan fingerprint density at radius 1 is 1.21 bits per heavy atom. The molecule has 19 heavy (non-hydrogen) atoms. The lowest BCUT2D eigenvalue weighted by Crippen LogP contribution is -2.46. The van der Waals surface area contributed by atoms with E-state index in [4.69, 9.17) is 0 Å². The van der Waals surface area contributed by atoms with Crippen LogP contribution in [0.15, 0.2) is 0 Å². The fourth-order valence-electron chi connectivity index (χ4n) is 3.41. The van der Waals surface area contributed by atoms with Crippen LogP contribution in [0, 0.1) is 28.6 Å². The SMILES string of the molecule is CCCCN(CC)C1CC(C(C)(C)C)CCC1C#N. The summed E-state index contributed by atoms with van der Waals surface area (Å²) >= 11 is 0. The smallest absolute Gasteiger partial charge is 0.0672 e. The van der Waals surface area contributed by atoms with Gasteiger partial charge in [-0.1, -0.05) is 41.0 Å². The van der Waals surface area contributed by atoms with E-state index < -0.39 is 0 Å². The van der Waals surface area contributed by atoms with Crippen molar-refractivity contribution in [3.63, 3.8) is 0 Å². The minimum absolute atomic E-state index is 0.246. The van der Waals surface area contributed by atoms with Crippen molar-refractivity contribution in [3.05, 3.63) is 0 Å². The molecule has 0 radical (unpaired) electrons. The molecule has 0 amide bonds. The quantitative estimate of drug-likeness (QED) is 0.733. The first-order chi connectivity index (χ1) is 8.93. The van der Waals surface area contributed by atoms with Crippen LogP contribution in [0.25, 0.3) is 0 Å². The standard InChI is InChI=1S/C17H32N2/c1-6-8-11-19(7-2)16-12-15(17(3,4)5)10-9-14(16)13-18/h14-16H,6-12H2,1-5H3. The zero-order chi connectivity index (χ0) is 14.5. The lowest BCUT2D eigenvalue weighted by atomic mass is 9.68. The van der Waals surface area contributed by atoms with Crippen molar-refractivity contribution in [1.29, 1.82) is 5.26 Å². The largest absolute Gasteiger partial charge is 0.299 e. The molecule has 0 aromatic rings. The molecule has 0 aliphatic heterocycles. The Hall–Kier alpha value is -0.550. The van der Waals surface area contributed by atoms with Gasteiger partial charge in [-0.3, -0.25) is 4.90 Å². The Morgan fingerprint density at radius 3 is 2.37 bits per heavy atom. The number of hydrogen-bond donors (Lipinski definition) is 0. The van der Waals surface area contributed by atoms with E-state index in [0.29, 0.717) is 11.5 Å². The molecule has 0 aromatic heterocycles. The van der Waals surface area contributed by atoms with Gasteiger partial charge in [-0.05, 0) is 50.1 Å². The molecule has 0 aromatic carbocycles. The topological polar surface area (TPSA) is 27.0 Å². The lowest BCUT2D eigenvalue weighted by molar-refractivity contribution is 0.0624. The zero-order valence-corrected chi connectivity index (χ0v) is 13.6. The molecule has 1 aliphatic carbocycles. The third-order valence-electron chi connectivity index (χ3n) is 4.88. The number of hydrogen-bond acceptors (Lipinski definition) is 2. The maximum atomic E-state index is 9.44. The summed E-state index contributed by atoms with van der Waals surface area (Å²) in [5, 5.41) is 9.44. The maximum Gasteiger partial charge on any atom is 0.0672 e. The van der Waals surface area contributed by atoms with Gasteiger partial charge >= 0.3 is 0 Å². The second kappa shape index (κ2) is 7.29. The van der Waals surface area contributed by atoms with Crippen LogP contribution in [0.2, 0.25) is 0 Å². The second-order valence-corrected chi connectivity index (χ2v) is 7.16. The van der Waals surface area contributed by atoms with Crippen LogP contribution in [0.3, 0.4) is 0 Å². The predicted molar refractivity (Wildman–Crippen MR) is 81.8 cm³/mol. The molecule has 0 N–H and O–H groups in total. The van der Waals surface area contributed by atoms with Gasteiger partial charge in [-0.15, -0.1) is 0 Å². The molecule has 3 unspecified atom stereocenters. The summed E-state index contributed by atoms with van der Waals surface area (Å²) in [6.45, 7) is 13.8. The van der Waals surface area contributed by atoms with Gasteiger partial charge in [0.2, 0.25) is 0 Å². The molecular formula is C17H32N2. The van der Waals surface area contributed by atoms with Crippen LogP contribution in [0.5, 0.6) is 0 Å². The summed E-state index contributed by atoms with van der Waals surface area (Å²) in [4.78, 5) is 2.56. The molecule has 1 saturated carbocycles. The Bertz CT molecular complexity index is 297. The summed E-state index contributed by atoms with van der Waals surface area (Å²) in [7, 11) is 0. The molecule has 1 aliphatic rings. The van der Waals surface area contributed by atoms with Crippen molar-refractivity contribution >= 4 is 0 Å². The molecule has 3 atom stereocenters. The highest BCUT2D eigenvalue weighted by Gasteiger charge is 2.38. The fourth-order valence-corrected chi connectivity index (χ4v) is 3.41. The maximum absolute atomic E-state index is 9.44. The van der Waals surface area contributed by atoms with E-state index in [1.54, 1.807) is 0 Å². The third kappa shape index (κ3) is 4.49. The Labute approximate surface area is 120 Å². The van der Waals surface area contributed by atoms with E-state index in [1.165, 1.54) is 25.7 Å². The molecule has 1 fully saturated rings. The zero-order valence-electron chi connectivity index (χ0n) is 13.6. The summed E-state index contributed by atoms with van der Waals surface area (Å²) in [6.07, 6.45) is 6.01. The number of rotatable bonds is 5. The van der Waals surface area contributed by atoms with Gasteiger partial charge in [0.05, 0.1) is 12.0 Å². The minimum atomic E-state index is 0.246. The van der Waals surface area contributed by atoms with Crippen molar-refractivity contribution in [2.75, 3.05) is 13.1 Å². The van der Waals surface area contributed by atoms with E-state index in [9.17, 15) is 5.26 Å². The molecule has 2 heteroatoms. The van der Waals surface area contributed by atoms with Crippen LogP contribution in [-0.4, -0.2) is 24.0 Å². The summed E-state index contributed by atoms with van der Waals surface area (Å²) < 4.78 is 0. The van der Waals surface area contributed by atoms with Gasteiger partial charge in [0.1, 0.15) is 0 Å². The van der Waals surface area contributed by atoms with E-state index in [0.717, 1.165) is 25.4 Å². The molecule has 1 rings (SSSR count). The highest BCUT2D eigenvalue weighted by atomic mass is 15.2. The van der Waals surface area contributed by atoms with Crippen LogP contribution in [-0.2, 0) is 0 Å². The van der Waals surface area contributed by atoms with Gasteiger partial charge in [0, 0.05) is 6.04 Å². The first-order valence-corrected chi connectivity index (χ1v) is 8.07. The molecule has 0 saturated heterocycles. The number of nitriles is 1. The summed E-state index contributed by atoms with van der Waals surface area (Å²) in [5.74, 6) is 1.01. The minimum Gasteiger partial charge on any atom is -0.299 e. The number of nitrogens with zero attached hydrogens (tertiary/aromatic N) is 2. The molecule has 0 spiro atoms. The van der Waals surface area contributed by atoms with E-state index >= 15 is 0 Å². The normalized spacial score (nSPS) is 28.4. The van der Waals surface area contributed by atoms with Gasteiger partial charge < -0.3 is 0 Å². The molecular weight excluding hydrogens is 232 g/mol. The van der Waals surface area contributed by atoms with E-state index in [1.807, 2.05) is 0 Å². The van der Waals surface area contributed by atoms with E-state index in [-0.39, 0.29) is 5.92 Å². The van der Waals surface area contributed by atoms with Crippen molar-refractivity contribution < 1.29 is 0 Å². The third-order valence-corrected chi connectivity index (χ3v) is 4.88. The van der Waals surface area contributed by atoms with Crippen LogP contribution in [0.4, 0.5) is 0 Å². The first-order valence-electron chi connectivity index (χ1n) is 8.07. The Balaban J connectivity index is 2.76. The molecule has 2 nitrogen and oxygen atoms in total. The van der Waals surface area contributed by atoms with Crippen molar-refractivity contribution in [1.82, 2.24) is 4.90 Å². The fraction of sp³-hybridized carbons (Fsp3) is 0.941. The highest BCUT2D eigenvalue weighted by molar-refractivity contribution is 4.99. The van der Waals surface area contributed by atoms with Gasteiger partial charge in [0.15, 0.2) is 0 Å². The van der Waals surface area contributed by atoms with Crippen molar-refractivity contribution in [3.8, 4) is 6.07 Å². The lowest BCUT2D eigenvalue weighted by Gasteiger charge is -2.44. The molecule has 0 bridgehead atoms. The number of unbranched alkanes of at least 4 members (excludes halogenated alkanes) is 1. The van der Waals surface area contributed by atoms with Gasteiger partial charge in [-0.25, -0.2) is 0 Å². The predicted octanol–water partition coefficient (Wildman–Crippen LogP) is 4.46. The van der Waals surface area contributed by atoms with Crippen LogP contribution < -0.4 is 0 Å². The first kappa shape index (κ1) is 16.5. The Morgan fingerprint density at radius 2 is 1.89 bits per heavy atom. The average Bonchev–Trinajstić information content (AvgIpc) is 2.38. The van der Waals surface area contributed by atoms with Crippen molar-refractivity contribution in [2.24, 2.45) is 17.3 Å². The van der Waals surface area contributed by atoms with Crippen molar-refractivity contribution in [2.45, 2.75) is 72.8 Å². The van der Waals surface area contributed by atoms with Gasteiger partial charge in [-0.2, -0.15) is 5.26 Å². The van der Waals surface area contributed by atoms with Crippen LogP contribution >= 0.6 is 0 Å². The molecule has 110 valence electrons. The molecule has 0 heterocycles. The Kier molecular flexibility index (Phi) is 6.33. The second-order valence-electron chi connectivity index (χ2n) is 7.16. The summed E-state index contributed by atoms with van der Waals surface area (Å²) in [6, 6.07) is 3.06. The van der Waals surface area contributed by atoms with Gasteiger partial charge in [0.25, 0.3) is 0 Å². The highest BCUT2D eigenvalue weighted by Crippen LogP contribution is 2.41.